The molecular formula is C20H28N4O6S. The van der Waals surface area contributed by atoms with Gasteiger partial charge in [-0.2, -0.15) is 0 Å². The summed E-state index contributed by atoms with van der Waals surface area (Å²) in [6, 6.07) is 3.24. The lowest BCUT2D eigenvalue weighted by molar-refractivity contribution is -0.385. The summed E-state index contributed by atoms with van der Waals surface area (Å²) < 4.78 is 23.7. The maximum absolute atomic E-state index is 12.9. The van der Waals surface area contributed by atoms with Crippen molar-refractivity contribution in [2.24, 2.45) is 0 Å². The molecular weight excluding hydrogens is 424 g/mol. The van der Waals surface area contributed by atoms with Crippen molar-refractivity contribution < 1.29 is 22.9 Å². The number of rotatable bonds is 5. The van der Waals surface area contributed by atoms with Crippen LogP contribution in [0.5, 0.6) is 0 Å². The molecule has 3 rings (SSSR count). The fourth-order valence-corrected chi connectivity index (χ4v) is 4.61. The van der Waals surface area contributed by atoms with E-state index in [4.69, 9.17) is 0 Å². The third kappa shape index (κ3) is 6.01. The Morgan fingerprint density at radius 2 is 1.55 bits per heavy atom. The maximum Gasteiger partial charge on any atom is 0.271 e. The number of nitrogens with zero attached hydrogens (tertiary/aromatic N) is 4. The minimum Gasteiger partial charge on any atom is -0.342 e. The number of hydrogen-bond donors (Lipinski definition) is 0. The first-order valence-electron chi connectivity index (χ1n) is 10.4. The van der Waals surface area contributed by atoms with Gasteiger partial charge >= 0.3 is 0 Å². The van der Waals surface area contributed by atoms with E-state index in [-0.39, 0.29) is 16.4 Å². The lowest BCUT2D eigenvalue weighted by Crippen LogP contribution is -2.51. The van der Waals surface area contributed by atoms with Gasteiger partial charge in [-0.3, -0.25) is 24.6 Å². The van der Waals surface area contributed by atoms with Crippen molar-refractivity contribution in [1.82, 2.24) is 14.7 Å². The highest BCUT2D eigenvalue weighted by Gasteiger charge is 2.27. The number of hydrogen-bond acceptors (Lipinski definition) is 7. The van der Waals surface area contributed by atoms with Crippen LogP contribution in [0.1, 0.15) is 36.0 Å². The second-order valence-electron chi connectivity index (χ2n) is 8.11. The molecule has 2 amide bonds. The van der Waals surface area contributed by atoms with Gasteiger partial charge in [-0.25, -0.2) is 8.42 Å². The lowest BCUT2D eigenvalue weighted by Gasteiger charge is -2.35. The lowest BCUT2D eigenvalue weighted by atomic mass is 10.1. The summed E-state index contributed by atoms with van der Waals surface area (Å²) in [4.78, 5) is 41.1. The summed E-state index contributed by atoms with van der Waals surface area (Å²) in [6.45, 7) is 3.67. The average molecular weight is 453 g/mol. The topological polar surface area (TPSA) is 121 Å². The van der Waals surface area contributed by atoms with Gasteiger partial charge in [0.05, 0.1) is 16.4 Å². The second-order valence-corrected chi connectivity index (χ2v) is 10.1. The number of nitro groups is 1. The molecule has 0 atom stereocenters. The Kier molecular flexibility index (Phi) is 7.26. The molecule has 0 aromatic heterocycles. The number of amides is 2. The first kappa shape index (κ1) is 23.1. The van der Waals surface area contributed by atoms with E-state index in [0.717, 1.165) is 57.2 Å². The molecule has 0 saturated carbocycles. The van der Waals surface area contributed by atoms with Gasteiger partial charge in [0, 0.05) is 63.2 Å². The molecule has 2 heterocycles. The van der Waals surface area contributed by atoms with E-state index in [1.54, 1.807) is 0 Å². The molecule has 2 aliphatic rings. The largest absolute Gasteiger partial charge is 0.342 e. The summed E-state index contributed by atoms with van der Waals surface area (Å²) >= 11 is 0. The molecule has 2 aliphatic heterocycles. The van der Waals surface area contributed by atoms with Crippen LogP contribution in [0.25, 0.3) is 0 Å². The first-order chi connectivity index (χ1) is 14.6. The summed E-state index contributed by atoms with van der Waals surface area (Å²) in [5.74, 6) is -0.342. The predicted octanol–water partition coefficient (Wildman–Crippen LogP) is 1.16. The van der Waals surface area contributed by atoms with Crippen molar-refractivity contribution in [3.63, 3.8) is 0 Å². The van der Waals surface area contributed by atoms with Gasteiger partial charge in [0.2, 0.25) is 5.91 Å². The van der Waals surface area contributed by atoms with Gasteiger partial charge in [0.15, 0.2) is 9.84 Å². The Bertz CT molecular complexity index is 948. The summed E-state index contributed by atoms with van der Waals surface area (Å²) in [7, 11) is -3.71. The molecule has 31 heavy (non-hydrogen) atoms. The molecule has 0 N–H and O–H groups in total. The van der Waals surface area contributed by atoms with Gasteiger partial charge in [0.1, 0.15) is 0 Å². The Balaban J connectivity index is 1.63. The fraction of sp³-hybridized carbons (Fsp3) is 0.600. The highest BCUT2D eigenvalue weighted by Crippen LogP contribution is 2.22. The van der Waals surface area contributed by atoms with Crippen LogP contribution in [0.3, 0.4) is 0 Å². The minimum atomic E-state index is -3.71. The number of nitro benzene ring substituents is 1. The van der Waals surface area contributed by atoms with E-state index in [9.17, 15) is 28.1 Å². The molecule has 0 unspecified atom stereocenters. The molecule has 170 valence electrons. The summed E-state index contributed by atoms with van der Waals surface area (Å²) in [6.07, 6.45) is 5.33. The number of carbonyl (C=O) groups is 2. The molecule has 0 bridgehead atoms. The first-order valence-corrected chi connectivity index (χ1v) is 12.3. The number of piperazine rings is 1. The third-order valence-corrected chi connectivity index (χ3v) is 6.85. The molecule has 2 fully saturated rings. The minimum absolute atomic E-state index is 0.0243. The molecule has 1 aromatic carbocycles. The van der Waals surface area contributed by atoms with Crippen LogP contribution in [-0.4, -0.2) is 91.9 Å². The van der Waals surface area contributed by atoms with Crippen LogP contribution >= 0.6 is 0 Å². The van der Waals surface area contributed by atoms with Crippen molar-refractivity contribution in [2.45, 2.75) is 30.6 Å². The summed E-state index contributed by atoms with van der Waals surface area (Å²) in [5, 5.41) is 11.2. The van der Waals surface area contributed by atoms with Crippen LogP contribution < -0.4 is 0 Å². The number of carbonyl (C=O) groups excluding carboxylic acids is 2. The third-order valence-electron chi connectivity index (χ3n) is 5.75. The number of likely N-dealkylation sites (tertiary alicyclic amines) is 1. The van der Waals surface area contributed by atoms with Gasteiger partial charge in [-0.05, 0) is 18.9 Å². The predicted molar refractivity (Wildman–Crippen MR) is 114 cm³/mol. The Morgan fingerprint density at radius 1 is 0.935 bits per heavy atom. The van der Waals surface area contributed by atoms with Crippen molar-refractivity contribution in [1.29, 1.82) is 0 Å². The molecule has 10 nitrogen and oxygen atoms in total. The van der Waals surface area contributed by atoms with E-state index in [1.165, 1.54) is 11.0 Å². The normalized spacial score (nSPS) is 18.5. The van der Waals surface area contributed by atoms with Gasteiger partial charge in [-0.1, -0.05) is 12.8 Å². The van der Waals surface area contributed by atoms with E-state index in [1.807, 2.05) is 9.80 Å². The number of non-ortho nitro benzene ring substituents is 1. The van der Waals surface area contributed by atoms with E-state index < -0.39 is 26.4 Å². The highest BCUT2D eigenvalue weighted by molar-refractivity contribution is 7.90. The van der Waals surface area contributed by atoms with Crippen LogP contribution in [0.2, 0.25) is 0 Å². The summed E-state index contributed by atoms with van der Waals surface area (Å²) in [5.41, 5.74) is -0.461. The van der Waals surface area contributed by atoms with Crippen LogP contribution in [-0.2, 0) is 14.6 Å². The molecule has 1 aromatic rings. The van der Waals surface area contributed by atoms with E-state index in [0.29, 0.717) is 32.7 Å². The fourth-order valence-electron chi connectivity index (χ4n) is 3.93. The SMILES string of the molecule is CS(=O)(=O)c1cc(C(=O)N2CCN(CC(=O)N3CCCCCC3)CC2)cc([N+](=O)[O-])c1. The van der Waals surface area contributed by atoms with Crippen molar-refractivity contribution in [3.05, 3.63) is 33.9 Å². The quantitative estimate of drug-likeness (QED) is 0.485. The molecule has 11 heteroatoms. The Hall–Kier alpha value is -2.53. The van der Waals surface area contributed by atoms with Crippen molar-refractivity contribution >= 4 is 27.3 Å². The standard InChI is InChI=1S/C20H28N4O6S/c1-31(29,30)18-13-16(12-17(14-18)24(27)28)20(26)23-10-8-21(9-11-23)15-19(25)22-6-4-2-3-5-7-22/h12-14H,2-11,15H2,1H3. The Labute approximate surface area is 181 Å². The Morgan fingerprint density at radius 3 is 2.10 bits per heavy atom. The van der Waals surface area contributed by atoms with Gasteiger partial charge in [-0.15, -0.1) is 0 Å². The van der Waals surface area contributed by atoms with Crippen LogP contribution in [0.4, 0.5) is 5.69 Å². The van der Waals surface area contributed by atoms with Gasteiger partial charge < -0.3 is 9.80 Å². The zero-order valence-corrected chi connectivity index (χ0v) is 18.5. The molecule has 0 spiro atoms. The molecule has 0 aliphatic carbocycles. The van der Waals surface area contributed by atoms with Crippen LogP contribution in [0.15, 0.2) is 23.1 Å². The molecule has 0 radical (unpaired) electrons. The van der Waals surface area contributed by atoms with Crippen LogP contribution in [0, 0.1) is 10.1 Å². The highest BCUT2D eigenvalue weighted by atomic mass is 32.2. The van der Waals surface area contributed by atoms with Crippen molar-refractivity contribution in [3.8, 4) is 0 Å². The average Bonchev–Trinajstić information content (AvgIpc) is 3.02. The number of benzene rings is 1. The van der Waals surface area contributed by atoms with E-state index in [2.05, 4.69) is 0 Å². The van der Waals surface area contributed by atoms with E-state index >= 15 is 0 Å². The maximum atomic E-state index is 12.9. The van der Waals surface area contributed by atoms with Crippen molar-refractivity contribution in [2.75, 3.05) is 52.1 Å². The second kappa shape index (κ2) is 9.73. The smallest absolute Gasteiger partial charge is 0.271 e. The molecule has 2 saturated heterocycles. The van der Waals surface area contributed by atoms with Gasteiger partial charge in [0.25, 0.3) is 11.6 Å². The zero-order chi connectivity index (χ0) is 22.6. The number of sulfone groups is 1. The monoisotopic (exact) mass is 452 g/mol. The zero-order valence-electron chi connectivity index (χ0n) is 17.7.